The molecule has 23 heavy (non-hydrogen) atoms. The fourth-order valence-corrected chi connectivity index (χ4v) is 2.79. The van der Waals surface area contributed by atoms with Crippen LogP contribution in [0.25, 0.3) is 0 Å². The third kappa shape index (κ3) is 2.09. The van der Waals surface area contributed by atoms with Gasteiger partial charge in [-0.15, -0.1) is 0 Å². The number of nitriles is 3. The molecule has 1 aliphatic rings. The Morgan fingerprint density at radius 3 is 2.43 bits per heavy atom. The van der Waals surface area contributed by atoms with Gasteiger partial charge in [0.05, 0.1) is 18.2 Å². The van der Waals surface area contributed by atoms with Gasteiger partial charge in [0, 0.05) is 24.1 Å². The first-order valence-electron chi connectivity index (χ1n) is 6.67. The lowest BCUT2D eigenvalue weighted by molar-refractivity contribution is -0.105. The van der Waals surface area contributed by atoms with Crippen molar-refractivity contribution in [2.45, 2.75) is 19.8 Å². The van der Waals surface area contributed by atoms with Gasteiger partial charge in [0.2, 0.25) is 0 Å². The molecule has 7 heteroatoms. The summed E-state index contributed by atoms with van der Waals surface area (Å²) in [7, 11) is 0. The highest BCUT2D eigenvalue weighted by atomic mass is 16.3. The maximum atomic E-state index is 12.4. The lowest BCUT2D eigenvalue weighted by atomic mass is 9.64. The number of aryl methyl sites for hydroxylation is 1. The number of aldehydes is 1. The minimum atomic E-state index is -1.89. The number of nitrogens with two attached hydrogens (primary N) is 1. The van der Waals surface area contributed by atoms with Gasteiger partial charge in [0.25, 0.3) is 0 Å². The van der Waals surface area contributed by atoms with Crippen molar-refractivity contribution in [3.05, 3.63) is 34.9 Å². The SMILES string of the molecule is Cc1ccc(C(=O)C[C@@]2(C#N)C(N)=C(C=O)CC2(C#N)C#N)o1. The summed E-state index contributed by atoms with van der Waals surface area (Å²) in [6.45, 7) is 1.65. The van der Waals surface area contributed by atoms with E-state index in [4.69, 9.17) is 10.2 Å². The van der Waals surface area contributed by atoms with Crippen LogP contribution >= 0.6 is 0 Å². The highest BCUT2D eigenvalue weighted by molar-refractivity contribution is 5.95. The van der Waals surface area contributed by atoms with E-state index >= 15 is 0 Å². The monoisotopic (exact) mass is 308 g/mol. The van der Waals surface area contributed by atoms with Gasteiger partial charge < -0.3 is 10.2 Å². The number of carbonyl (C=O) groups excluding carboxylic acids is 2. The van der Waals surface area contributed by atoms with Gasteiger partial charge in [-0.1, -0.05) is 0 Å². The second-order valence-electron chi connectivity index (χ2n) is 5.39. The van der Waals surface area contributed by atoms with E-state index in [1.165, 1.54) is 6.07 Å². The van der Waals surface area contributed by atoms with Crippen LogP contribution in [0.3, 0.4) is 0 Å². The molecule has 0 radical (unpaired) electrons. The molecule has 1 aromatic heterocycles. The summed E-state index contributed by atoms with van der Waals surface area (Å²) < 4.78 is 5.22. The molecule has 2 rings (SSSR count). The molecule has 1 heterocycles. The van der Waals surface area contributed by atoms with Crippen LogP contribution in [-0.2, 0) is 4.79 Å². The second-order valence-corrected chi connectivity index (χ2v) is 5.39. The molecule has 0 saturated carbocycles. The first-order valence-corrected chi connectivity index (χ1v) is 6.67. The predicted molar refractivity (Wildman–Crippen MR) is 76.0 cm³/mol. The van der Waals surface area contributed by atoms with Crippen LogP contribution in [0, 0.1) is 51.7 Å². The normalized spacial score (nSPS) is 22.0. The van der Waals surface area contributed by atoms with E-state index in [-0.39, 0.29) is 23.5 Å². The van der Waals surface area contributed by atoms with Gasteiger partial charge in [0.1, 0.15) is 17.5 Å². The maximum Gasteiger partial charge on any atom is 0.200 e. The largest absolute Gasteiger partial charge is 0.458 e. The lowest BCUT2D eigenvalue weighted by Gasteiger charge is -2.30. The number of Topliss-reactive ketones (excluding diaryl/α,β-unsaturated/α-hetero) is 1. The number of ketones is 1. The molecule has 0 aromatic carbocycles. The van der Waals surface area contributed by atoms with Gasteiger partial charge in [0.15, 0.2) is 17.0 Å². The summed E-state index contributed by atoms with van der Waals surface area (Å²) in [6.07, 6.45) is -0.381. The minimum Gasteiger partial charge on any atom is -0.458 e. The fraction of sp³-hybridized carbons (Fsp3) is 0.312. The lowest BCUT2D eigenvalue weighted by Crippen LogP contribution is -2.41. The van der Waals surface area contributed by atoms with Crippen molar-refractivity contribution >= 4 is 12.1 Å². The summed E-state index contributed by atoms with van der Waals surface area (Å²) in [4.78, 5) is 23.5. The number of rotatable bonds is 4. The summed E-state index contributed by atoms with van der Waals surface area (Å²) in [6, 6.07) is 8.43. The standard InChI is InChI=1S/C16H12N4O3/c1-10-2-3-13(23-10)12(22)5-16(9-19)14(20)11(6-21)4-15(16,7-17)8-18/h2-3,6H,4-5,20H2,1H3/t16-/m1/s1. The molecule has 7 nitrogen and oxygen atoms in total. The smallest absolute Gasteiger partial charge is 0.200 e. The van der Waals surface area contributed by atoms with Crippen LogP contribution in [-0.4, -0.2) is 12.1 Å². The number of hydrogen-bond acceptors (Lipinski definition) is 7. The Kier molecular flexibility index (Phi) is 3.79. The second kappa shape index (κ2) is 5.44. The maximum absolute atomic E-state index is 12.4. The Labute approximate surface area is 132 Å². The number of furan rings is 1. The van der Waals surface area contributed by atoms with Crippen molar-refractivity contribution in [1.29, 1.82) is 15.8 Å². The van der Waals surface area contributed by atoms with E-state index in [0.29, 0.717) is 12.0 Å². The van der Waals surface area contributed by atoms with Crippen molar-refractivity contribution in [3.8, 4) is 18.2 Å². The molecule has 0 bridgehead atoms. The number of hydrogen-bond donors (Lipinski definition) is 1. The van der Waals surface area contributed by atoms with Crippen molar-refractivity contribution < 1.29 is 14.0 Å². The Bertz CT molecular complexity index is 830. The van der Waals surface area contributed by atoms with E-state index in [1.807, 2.05) is 6.07 Å². The summed E-state index contributed by atoms with van der Waals surface area (Å²) in [5.74, 6) is -0.0476. The van der Waals surface area contributed by atoms with E-state index in [0.717, 1.165) is 0 Å². The zero-order valence-electron chi connectivity index (χ0n) is 12.3. The number of carbonyl (C=O) groups is 2. The van der Waals surface area contributed by atoms with Gasteiger partial charge in [-0.2, -0.15) is 15.8 Å². The molecule has 0 aliphatic heterocycles. The Morgan fingerprint density at radius 1 is 1.35 bits per heavy atom. The topological polar surface area (TPSA) is 145 Å². The van der Waals surface area contributed by atoms with E-state index in [1.54, 1.807) is 25.1 Å². The average molecular weight is 308 g/mol. The molecular weight excluding hydrogens is 296 g/mol. The van der Waals surface area contributed by atoms with Crippen molar-refractivity contribution in [2.75, 3.05) is 0 Å². The highest BCUT2D eigenvalue weighted by Gasteiger charge is 2.62. The van der Waals surface area contributed by atoms with E-state index in [2.05, 4.69) is 0 Å². The highest BCUT2D eigenvalue weighted by Crippen LogP contribution is 2.55. The molecule has 0 fully saturated rings. The molecule has 0 spiro atoms. The summed E-state index contributed by atoms with van der Waals surface area (Å²) >= 11 is 0. The molecule has 1 aliphatic carbocycles. The van der Waals surface area contributed by atoms with Crippen LogP contribution in [0.2, 0.25) is 0 Å². The van der Waals surface area contributed by atoms with Gasteiger partial charge in [-0.3, -0.25) is 9.59 Å². The Hall–Kier alpha value is -3.37. The van der Waals surface area contributed by atoms with Crippen LogP contribution in [0.5, 0.6) is 0 Å². The van der Waals surface area contributed by atoms with Crippen LogP contribution in [0.4, 0.5) is 0 Å². The number of nitrogens with zero attached hydrogens (tertiary/aromatic N) is 3. The molecular formula is C16H12N4O3. The Morgan fingerprint density at radius 2 is 2.00 bits per heavy atom. The summed E-state index contributed by atoms with van der Waals surface area (Å²) in [5, 5.41) is 28.5. The molecule has 0 saturated heterocycles. The van der Waals surface area contributed by atoms with Crippen molar-refractivity contribution in [3.63, 3.8) is 0 Å². The molecule has 0 amide bonds. The van der Waals surface area contributed by atoms with Crippen molar-refractivity contribution in [1.82, 2.24) is 0 Å². The molecule has 2 N–H and O–H groups in total. The molecule has 1 aromatic rings. The zero-order valence-corrected chi connectivity index (χ0v) is 12.3. The van der Waals surface area contributed by atoms with E-state index in [9.17, 15) is 25.4 Å². The first-order chi connectivity index (χ1) is 10.9. The van der Waals surface area contributed by atoms with Gasteiger partial charge >= 0.3 is 0 Å². The fourth-order valence-electron chi connectivity index (χ4n) is 2.79. The third-order valence-corrected chi connectivity index (χ3v) is 4.15. The van der Waals surface area contributed by atoms with Crippen molar-refractivity contribution in [2.24, 2.45) is 16.6 Å². The molecule has 114 valence electrons. The third-order valence-electron chi connectivity index (χ3n) is 4.15. The quantitative estimate of drug-likeness (QED) is 0.655. The van der Waals surface area contributed by atoms with Gasteiger partial charge in [-0.05, 0) is 19.1 Å². The predicted octanol–water partition coefficient (Wildman–Crippen LogP) is 1.52. The summed E-state index contributed by atoms with van der Waals surface area (Å²) in [5.41, 5.74) is 1.90. The minimum absolute atomic E-state index is 0.00178. The number of allylic oxidation sites excluding steroid dienone is 2. The van der Waals surface area contributed by atoms with Gasteiger partial charge in [-0.25, -0.2) is 0 Å². The zero-order chi connectivity index (χ0) is 17.3. The van der Waals surface area contributed by atoms with Crippen LogP contribution < -0.4 is 5.73 Å². The molecule has 0 unspecified atom stereocenters. The molecule has 1 atom stereocenters. The average Bonchev–Trinajstić information content (AvgIpc) is 3.09. The van der Waals surface area contributed by atoms with Crippen LogP contribution in [0.15, 0.2) is 27.8 Å². The van der Waals surface area contributed by atoms with Crippen LogP contribution in [0.1, 0.15) is 29.2 Å². The first kappa shape index (κ1) is 16.0. The Balaban J connectivity index is 2.57. The van der Waals surface area contributed by atoms with E-state index < -0.39 is 23.0 Å².